The van der Waals surface area contributed by atoms with E-state index in [1.165, 1.54) is 0 Å². The average Bonchev–Trinajstić information content (AvgIpc) is 2.35. The Morgan fingerprint density at radius 1 is 1.25 bits per heavy atom. The Hall–Kier alpha value is -0.700. The molecule has 0 atom stereocenters. The Bertz CT molecular complexity index is 299. The quantitative estimate of drug-likeness (QED) is 0.731. The number of ether oxygens (including phenoxy) is 2. The van der Waals surface area contributed by atoms with Crippen LogP contribution in [0.3, 0.4) is 0 Å². The zero-order valence-electron chi connectivity index (χ0n) is 10.1. The zero-order valence-corrected chi connectivity index (χ0v) is 11.7. The van der Waals surface area contributed by atoms with E-state index in [-0.39, 0.29) is 6.10 Å². The highest BCUT2D eigenvalue weighted by atomic mass is 79.9. The molecule has 0 bridgehead atoms. The van der Waals surface area contributed by atoms with Gasteiger partial charge in [0.2, 0.25) is 0 Å². The van der Waals surface area contributed by atoms with E-state index in [1.807, 2.05) is 12.1 Å². The van der Waals surface area contributed by atoms with E-state index in [4.69, 9.17) is 9.47 Å². The van der Waals surface area contributed by atoms with Gasteiger partial charge in [0.15, 0.2) is 11.5 Å². The fourth-order valence-corrected chi connectivity index (χ4v) is 2.02. The first-order valence-electron chi connectivity index (χ1n) is 5.65. The Labute approximate surface area is 106 Å². The number of methoxy groups -OCH3 is 1. The molecule has 0 aliphatic rings. The van der Waals surface area contributed by atoms with Crippen molar-refractivity contribution in [3.05, 3.63) is 23.8 Å². The van der Waals surface area contributed by atoms with Gasteiger partial charge in [-0.2, -0.15) is 0 Å². The highest BCUT2D eigenvalue weighted by Gasteiger charge is 2.13. The van der Waals surface area contributed by atoms with Crippen molar-refractivity contribution in [1.82, 2.24) is 0 Å². The van der Waals surface area contributed by atoms with Crippen molar-refractivity contribution in [2.24, 2.45) is 0 Å². The van der Waals surface area contributed by atoms with Crippen molar-refractivity contribution in [2.45, 2.75) is 38.1 Å². The lowest BCUT2D eigenvalue weighted by Gasteiger charge is -2.20. The normalized spacial score (nSPS) is 10.6. The Morgan fingerprint density at radius 3 is 2.44 bits per heavy atom. The summed E-state index contributed by atoms with van der Waals surface area (Å²) in [4.78, 5) is 0. The van der Waals surface area contributed by atoms with Crippen LogP contribution >= 0.6 is 15.9 Å². The van der Waals surface area contributed by atoms with Gasteiger partial charge >= 0.3 is 0 Å². The van der Waals surface area contributed by atoms with Crippen LogP contribution in [0, 0.1) is 0 Å². The maximum Gasteiger partial charge on any atom is 0.165 e. The summed E-state index contributed by atoms with van der Waals surface area (Å²) < 4.78 is 11.3. The third kappa shape index (κ3) is 3.14. The summed E-state index contributed by atoms with van der Waals surface area (Å²) in [7, 11) is 1.67. The van der Waals surface area contributed by atoms with E-state index in [0.717, 1.165) is 35.2 Å². The third-order valence-corrected chi connectivity index (χ3v) is 3.22. The van der Waals surface area contributed by atoms with Crippen LogP contribution in [0.2, 0.25) is 0 Å². The van der Waals surface area contributed by atoms with Crippen LogP contribution in [0.25, 0.3) is 0 Å². The summed E-state index contributed by atoms with van der Waals surface area (Å²) in [6.07, 6.45) is 2.28. The van der Waals surface area contributed by atoms with Crippen molar-refractivity contribution in [2.75, 3.05) is 7.11 Å². The maximum atomic E-state index is 6.00. The molecule has 0 spiro atoms. The third-order valence-electron chi connectivity index (χ3n) is 2.62. The maximum absolute atomic E-state index is 6.00. The van der Waals surface area contributed by atoms with Crippen molar-refractivity contribution < 1.29 is 9.47 Å². The molecule has 0 fully saturated rings. The molecule has 0 heterocycles. The average molecular weight is 287 g/mol. The number of hydrogen-bond acceptors (Lipinski definition) is 2. The van der Waals surface area contributed by atoms with Crippen LogP contribution in [-0.4, -0.2) is 13.2 Å². The number of benzene rings is 1. The van der Waals surface area contributed by atoms with Gasteiger partial charge in [0.1, 0.15) is 0 Å². The molecular formula is C13H19BrO2. The minimum Gasteiger partial charge on any atom is -0.493 e. The molecule has 16 heavy (non-hydrogen) atoms. The summed E-state index contributed by atoms with van der Waals surface area (Å²) >= 11 is 3.47. The van der Waals surface area contributed by atoms with Crippen LogP contribution in [0.5, 0.6) is 11.5 Å². The Kier molecular flexibility index (Phi) is 5.67. The number of halogens is 1. The second-order valence-corrected chi connectivity index (χ2v) is 4.20. The molecular weight excluding hydrogens is 268 g/mol. The molecule has 1 aromatic rings. The van der Waals surface area contributed by atoms with E-state index in [2.05, 4.69) is 35.8 Å². The number of alkyl halides is 1. The highest BCUT2D eigenvalue weighted by molar-refractivity contribution is 9.08. The van der Waals surface area contributed by atoms with Gasteiger partial charge in [-0.1, -0.05) is 41.9 Å². The van der Waals surface area contributed by atoms with E-state index < -0.39 is 0 Å². The van der Waals surface area contributed by atoms with E-state index in [0.29, 0.717) is 0 Å². The molecule has 3 heteroatoms. The summed E-state index contributed by atoms with van der Waals surface area (Å²) in [5.41, 5.74) is 1.13. The molecule has 0 aromatic heterocycles. The van der Waals surface area contributed by atoms with E-state index >= 15 is 0 Å². The second-order valence-electron chi connectivity index (χ2n) is 3.64. The largest absolute Gasteiger partial charge is 0.493 e. The fraction of sp³-hybridized carbons (Fsp3) is 0.538. The Morgan fingerprint density at radius 2 is 1.94 bits per heavy atom. The van der Waals surface area contributed by atoms with Gasteiger partial charge in [-0.15, -0.1) is 0 Å². The summed E-state index contributed by atoms with van der Waals surface area (Å²) in [6, 6.07) is 5.97. The van der Waals surface area contributed by atoms with E-state index in [9.17, 15) is 0 Å². The number of hydrogen-bond donors (Lipinski definition) is 0. The number of rotatable bonds is 6. The van der Waals surface area contributed by atoms with Crippen molar-refractivity contribution in [1.29, 1.82) is 0 Å². The Balaban J connectivity index is 2.98. The molecule has 90 valence electrons. The summed E-state index contributed by atoms with van der Waals surface area (Å²) in [5, 5.41) is 0.777. The fourth-order valence-electron chi connectivity index (χ4n) is 1.58. The lowest BCUT2D eigenvalue weighted by Crippen LogP contribution is -2.15. The molecule has 1 aromatic carbocycles. The lowest BCUT2D eigenvalue weighted by atomic mass is 10.2. The molecule has 0 amide bonds. The molecule has 0 aliphatic heterocycles. The predicted octanol–water partition coefficient (Wildman–Crippen LogP) is 4.16. The van der Waals surface area contributed by atoms with Gasteiger partial charge in [-0.05, 0) is 18.9 Å². The van der Waals surface area contributed by atoms with Gasteiger partial charge in [0, 0.05) is 10.9 Å². The standard InChI is InChI=1S/C13H19BrO2/c1-4-11(5-2)16-13-10(9-14)7-6-8-12(13)15-3/h6-8,11H,4-5,9H2,1-3H3. The van der Waals surface area contributed by atoms with Gasteiger partial charge in [0.25, 0.3) is 0 Å². The van der Waals surface area contributed by atoms with Gasteiger partial charge in [0.05, 0.1) is 13.2 Å². The monoisotopic (exact) mass is 286 g/mol. The minimum atomic E-state index is 0.258. The SMILES string of the molecule is CCC(CC)Oc1c(CBr)cccc1OC. The molecule has 0 radical (unpaired) electrons. The molecule has 0 saturated carbocycles. The highest BCUT2D eigenvalue weighted by Crippen LogP contribution is 2.33. The smallest absolute Gasteiger partial charge is 0.165 e. The van der Waals surface area contributed by atoms with Gasteiger partial charge in [-0.25, -0.2) is 0 Å². The van der Waals surface area contributed by atoms with Crippen LogP contribution < -0.4 is 9.47 Å². The second kappa shape index (κ2) is 6.79. The molecule has 0 unspecified atom stereocenters. The van der Waals surface area contributed by atoms with Crippen LogP contribution in [-0.2, 0) is 5.33 Å². The molecule has 0 aliphatic carbocycles. The first-order chi connectivity index (χ1) is 7.76. The molecule has 2 nitrogen and oxygen atoms in total. The van der Waals surface area contributed by atoms with E-state index in [1.54, 1.807) is 7.11 Å². The topological polar surface area (TPSA) is 18.5 Å². The molecule has 1 rings (SSSR count). The van der Waals surface area contributed by atoms with Gasteiger partial charge < -0.3 is 9.47 Å². The lowest BCUT2D eigenvalue weighted by molar-refractivity contribution is 0.183. The van der Waals surface area contributed by atoms with Crippen LogP contribution in [0.15, 0.2) is 18.2 Å². The molecule has 0 saturated heterocycles. The van der Waals surface area contributed by atoms with Crippen LogP contribution in [0.4, 0.5) is 0 Å². The van der Waals surface area contributed by atoms with Crippen molar-refractivity contribution in [3.63, 3.8) is 0 Å². The first kappa shape index (κ1) is 13.4. The molecule has 0 N–H and O–H groups in total. The van der Waals surface area contributed by atoms with Crippen LogP contribution in [0.1, 0.15) is 32.3 Å². The van der Waals surface area contributed by atoms with Gasteiger partial charge in [-0.3, -0.25) is 0 Å². The first-order valence-corrected chi connectivity index (χ1v) is 6.77. The zero-order chi connectivity index (χ0) is 12.0. The number of para-hydroxylation sites is 1. The van der Waals surface area contributed by atoms with Crippen molar-refractivity contribution >= 4 is 15.9 Å². The predicted molar refractivity (Wildman–Crippen MR) is 70.6 cm³/mol. The summed E-state index contributed by atoms with van der Waals surface area (Å²) in [5.74, 6) is 1.68. The minimum absolute atomic E-state index is 0.258. The summed E-state index contributed by atoms with van der Waals surface area (Å²) in [6.45, 7) is 4.27. The van der Waals surface area contributed by atoms with Crippen molar-refractivity contribution in [3.8, 4) is 11.5 Å².